The van der Waals surface area contributed by atoms with Crippen molar-refractivity contribution in [3.63, 3.8) is 0 Å². The van der Waals surface area contributed by atoms with Crippen LogP contribution in [0.3, 0.4) is 0 Å². The van der Waals surface area contributed by atoms with E-state index in [0.717, 1.165) is 5.56 Å². The maximum Gasteiger partial charge on any atom is 0.151 e. The molecule has 15 heavy (non-hydrogen) atoms. The molecule has 0 aromatic carbocycles. The van der Waals surface area contributed by atoms with Crippen LogP contribution in [-0.2, 0) is 11.3 Å². The van der Waals surface area contributed by atoms with E-state index in [2.05, 4.69) is 10.3 Å². The summed E-state index contributed by atoms with van der Waals surface area (Å²) in [4.78, 5) is 15.6. The van der Waals surface area contributed by atoms with Gasteiger partial charge in [0.2, 0.25) is 0 Å². The van der Waals surface area contributed by atoms with E-state index in [9.17, 15) is 4.79 Å². The van der Waals surface area contributed by atoms with Crippen LogP contribution in [0.1, 0.15) is 26.3 Å². The maximum absolute atomic E-state index is 11.6. The molecule has 1 aromatic rings. The van der Waals surface area contributed by atoms with Crippen LogP contribution in [0.25, 0.3) is 0 Å². The molecule has 1 aromatic heterocycles. The zero-order valence-corrected chi connectivity index (χ0v) is 9.58. The number of ketones is 1. The number of hydrogen-bond acceptors (Lipinski definition) is 3. The van der Waals surface area contributed by atoms with Gasteiger partial charge in [-0.25, -0.2) is 0 Å². The Labute approximate surface area is 90.9 Å². The molecular weight excluding hydrogens is 188 g/mol. The zero-order valence-electron chi connectivity index (χ0n) is 9.58. The summed E-state index contributed by atoms with van der Waals surface area (Å²) in [6.07, 6.45) is 3.54. The topological polar surface area (TPSA) is 42.0 Å². The Morgan fingerprint density at radius 1 is 1.47 bits per heavy atom. The molecule has 0 spiro atoms. The monoisotopic (exact) mass is 206 g/mol. The second-order valence-corrected chi connectivity index (χ2v) is 4.64. The quantitative estimate of drug-likeness (QED) is 0.816. The highest BCUT2D eigenvalue weighted by Crippen LogP contribution is 2.13. The molecule has 3 heteroatoms. The minimum atomic E-state index is -0.262. The van der Waals surface area contributed by atoms with Gasteiger partial charge in [0.05, 0.1) is 6.54 Å². The second-order valence-electron chi connectivity index (χ2n) is 4.64. The first-order chi connectivity index (χ1) is 7.00. The fraction of sp³-hybridized carbons (Fsp3) is 0.500. The van der Waals surface area contributed by atoms with Gasteiger partial charge in [0.25, 0.3) is 0 Å². The van der Waals surface area contributed by atoms with E-state index < -0.39 is 0 Å². The van der Waals surface area contributed by atoms with Gasteiger partial charge in [-0.05, 0) is 11.6 Å². The Kier molecular flexibility index (Phi) is 3.97. The summed E-state index contributed by atoms with van der Waals surface area (Å²) in [7, 11) is 0. The summed E-state index contributed by atoms with van der Waals surface area (Å²) in [6, 6.07) is 3.88. The van der Waals surface area contributed by atoms with Crippen molar-refractivity contribution in [3.05, 3.63) is 30.1 Å². The summed E-state index contributed by atoms with van der Waals surface area (Å²) in [5.74, 6) is 0.228. The number of pyridine rings is 1. The van der Waals surface area contributed by atoms with Crippen molar-refractivity contribution in [2.75, 3.05) is 6.54 Å². The van der Waals surface area contributed by atoms with E-state index in [-0.39, 0.29) is 11.2 Å². The average molecular weight is 206 g/mol. The average Bonchev–Trinajstić information content (AvgIpc) is 2.18. The Morgan fingerprint density at radius 3 is 2.73 bits per heavy atom. The van der Waals surface area contributed by atoms with Crippen molar-refractivity contribution in [3.8, 4) is 0 Å². The van der Waals surface area contributed by atoms with E-state index in [1.54, 1.807) is 12.4 Å². The molecule has 0 aliphatic heterocycles. The highest BCUT2D eigenvalue weighted by atomic mass is 16.1. The predicted octanol–water partition coefficient (Wildman–Crippen LogP) is 1.79. The van der Waals surface area contributed by atoms with E-state index in [4.69, 9.17) is 0 Å². The van der Waals surface area contributed by atoms with Crippen LogP contribution in [0, 0.1) is 5.41 Å². The standard InChI is InChI=1S/C12H18N2O/c1-12(2,3)11(15)9-14-8-10-5-4-6-13-7-10/h4-7,14H,8-9H2,1-3H3. The minimum absolute atomic E-state index is 0.228. The SMILES string of the molecule is CC(C)(C)C(=O)CNCc1cccnc1. The molecule has 0 atom stereocenters. The Bertz CT molecular complexity index is 314. The second kappa shape index (κ2) is 5.03. The molecule has 0 unspecified atom stereocenters. The molecule has 1 rings (SSSR count). The predicted molar refractivity (Wildman–Crippen MR) is 60.4 cm³/mol. The van der Waals surface area contributed by atoms with Gasteiger partial charge >= 0.3 is 0 Å². The van der Waals surface area contributed by atoms with Crippen LogP contribution in [0.4, 0.5) is 0 Å². The fourth-order valence-electron chi connectivity index (χ4n) is 1.09. The number of carbonyl (C=O) groups excluding carboxylic acids is 1. The molecule has 82 valence electrons. The molecule has 0 aliphatic rings. The zero-order chi connectivity index (χ0) is 11.3. The first-order valence-corrected chi connectivity index (χ1v) is 5.13. The Hall–Kier alpha value is -1.22. The van der Waals surface area contributed by atoms with Crippen LogP contribution in [-0.4, -0.2) is 17.3 Å². The lowest BCUT2D eigenvalue weighted by atomic mass is 9.91. The van der Waals surface area contributed by atoms with E-state index in [1.165, 1.54) is 0 Å². The molecule has 1 heterocycles. The smallest absolute Gasteiger partial charge is 0.151 e. The molecule has 0 bridgehead atoms. The van der Waals surface area contributed by atoms with Crippen LogP contribution in [0.15, 0.2) is 24.5 Å². The van der Waals surface area contributed by atoms with Gasteiger partial charge in [-0.1, -0.05) is 26.8 Å². The first kappa shape index (κ1) is 11.9. The molecule has 3 nitrogen and oxygen atoms in total. The Balaban J connectivity index is 2.32. The highest BCUT2D eigenvalue weighted by Gasteiger charge is 2.19. The number of nitrogens with one attached hydrogen (secondary N) is 1. The van der Waals surface area contributed by atoms with Crippen molar-refractivity contribution in [2.24, 2.45) is 5.41 Å². The molecule has 0 amide bonds. The van der Waals surface area contributed by atoms with Crippen LogP contribution in [0.5, 0.6) is 0 Å². The summed E-state index contributed by atoms with van der Waals surface area (Å²) in [5, 5.41) is 3.12. The largest absolute Gasteiger partial charge is 0.306 e. The van der Waals surface area contributed by atoms with E-state index >= 15 is 0 Å². The molecule has 1 N–H and O–H groups in total. The lowest BCUT2D eigenvalue weighted by Crippen LogP contribution is -2.31. The molecule has 0 radical (unpaired) electrons. The summed E-state index contributed by atoms with van der Waals surface area (Å²) in [5.41, 5.74) is 0.835. The molecular formula is C12H18N2O. The Morgan fingerprint density at radius 2 is 2.20 bits per heavy atom. The van der Waals surface area contributed by atoms with Crippen LogP contribution >= 0.6 is 0 Å². The molecule has 0 saturated carbocycles. The van der Waals surface area contributed by atoms with Gasteiger partial charge in [0.15, 0.2) is 5.78 Å². The maximum atomic E-state index is 11.6. The first-order valence-electron chi connectivity index (χ1n) is 5.13. The van der Waals surface area contributed by atoms with Crippen molar-refractivity contribution < 1.29 is 4.79 Å². The van der Waals surface area contributed by atoms with Crippen molar-refractivity contribution in [2.45, 2.75) is 27.3 Å². The van der Waals surface area contributed by atoms with Crippen molar-refractivity contribution >= 4 is 5.78 Å². The number of carbonyl (C=O) groups is 1. The van der Waals surface area contributed by atoms with Crippen LogP contribution < -0.4 is 5.32 Å². The van der Waals surface area contributed by atoms with Gasteiger partial charge in [0, 0.05) is 24.4 Å². The minimum Gasteiger partial charge on any atom is -0.306 e. The van der Waals surface area contributed by atoms with Crippen LogP contribution in [0.2, 0.25) is 0 Å². The van der Waals surface area contributed by atoms with E-state index in [1.807, 2.05) is 32.9 Å². The number of nitrogens with zero attached hydrogens (tertiary/aromatic N) is 1. The van der Waals surface area contributed by atoms with Gasteiger partial charge < -0.3 is 5.32 Å². The number of aromatic nitrogens is 1. The van der Waals surface area contributed by atoms with Crippen molar-refractivity contribution in [1.82, 2.24) is 10.3 Å². The number of Topliss-reactive ketones (excluding diaryl/α,β-unsaturated/α-hetero) is 1. The fourth-order valence-corrected chi connectivity index (χ4v) is 1.09. The van der Waals surface area contributed by atoms with Gasteiger partial charge in [-0.15, -0.1) is 0 Å². The molecule has 0 saturated heterocycles. The summed E-state index contributed by atoms with van der Waals surface area (Å²) in [6.45, 7) is 6.90. The van der Waals surface area contributed by atoms with Gasteiger partial charge in [-0.2, -0.15) is 0 Å². The molecule has 0 aliphatic carbocycles. The van der Waals surface area contributed by atoms with Gasteiger partial charge in [0.1, 0.15) is 0 Å². The van der Waals surface area contributed by atoms with E-state index in [0.29, 0.717) is 13.1 Å². The lowest BCUT2D eigenvalue weighted by Gasteiger charge is -2.16. The summed E-state index contributed by atoms with van der Waals surface area (Å²) < 4.78 is 0. The summed E-state index contributed by atoms with van der Waals surface area (Å²) >= 11 is 0. The lowest BCUT2D eigenvalue weighted by molar-refractivity contribution is -0.125. The van der Waals surface area contributed by atoms with Crippen molar-refractivity contribution in [1.29, 1.82) is 0 Å². The third-order valence-corrected chi connectivity index (χ3v) is 2.17. The molecule has 0 fully saturated rings. The number of hydrogen-bond donors (Lipinski definition) is 1. The highest BCUT2D eigenvalue weighted by molar-refractivity contribution is 5.85. The van der Waals surface area contributed by atoms with Gasteiger partial charge in [-0.3, -0.25) is 9.78 Å². The number of rotatable bonds is 4. The normalized spacial score (nSPS) is 11.4. The third kappa shape index (κ3) is 4.21. The third-order valence-electron chi connectivity index (χ3n) is 2.17.